The zero-order valence-corrected chi connectivity index (χ0v) is 17.2. The summed E-state index contributed by atoms with van der Waals surface area (Å²) in [5.41, 5.74) is 3.43. The smallest absolute Gasteiger partial charge is 0.269 e. The van der Waals surface area contributed by atoms with Crippen LogP contribution in [0.3, 0.4) is 0 Å². The van der Waals surface area contributed by atoms with Crippen LogP contribution in [-0.4, -0.2) is 9.49 Å². The predicted molar refractivity (Wildman–Crippen MR) is 117 cm³/mol. The van der Waals surface area contributed by atoms with E-state index in [0.717, 1.165) is 27.4 Å². The molecule has 0 atom stereocenters. The third-order valence-electron chi connectivity index (χ3n) is 4.22. The van der Waals surface area contributed by atoms with Gasteiger partial charge < -0.3 is 0 Å². The fourth-order valence-electron chi connectivity index (χ4n) is 2.81. The van der Waals surface area contributed by atoms with Crippen molar-refractivity contribution < 1.29 is 4.92 Å². The summed E-state index contributed by atoms with van der Waals surface area (Å²) >= 11 is 13.5. The van der Waals surface area contributed by atoms with Crippen molar-refractivity contribution >= 4 is 45.9 Å². The molecule has 5 nitrogen and oxygen atoms in total. The molecule has 29 heavy (non-hydrogen) atoms. The predicted octanol–water partition coefficient (Wildman–Crippen LogP) is 6.65. The molecule has 0 aliphatic rings. The van der Waals surface area contributed by atoms with Crippen LogP contribution in [0.2, 0.25) is 10.0 Å². The summed E-state index contributed by atoms with van der Waals surface area (Å²) in [6.45, 7) is 0. The molecule has 0 saturated carbocycles. The number of non-ortho nitro benzene ring substituents is 1. The average molecular weight is 442 g/mol. The zero-order valence-electron chi connectivity index (χ0n) is 14.8. The molecule has 4 rings (SSSR count). The highest BCUT2D eigenvalue weighted by molar-refractivity contribution is 7.07. The lowest BCUT2D eigenvalue weighted by molar-refractivity contribution is -0.384. The number of thiazole rings is 1. The van der Waals surface area contributed by atoms with Gasteiger partial charge in [0.1, 0.15) is 0 Å². The van der Waals surface area contributed by atoms with Crippen molar-refractivity contribution in [1.29, 1.82) is 0 Å². The Morgan fingerprint density at radius 3 is 2.03 bits per heavy atom. The van der Waals surface area contributed by atoms with E-state index in [1.807, 2.05) is 46.3 Å². The first kappa shape index (κ1) is 19.4. The Balaban J connectivity index is 1.89. The van der Waals surface area contributed by atoms with Crippen LogP contribution in [0.4, 0.5) is 11.4 Å². The second-order valence-corrected chi connectivity index (χ2v) is 7.82. The minimum atomic E-state index is -0.411. The molecule has 0 saturated heterocycles. The molecule has 0 N–H and O–H groups in total. The average Bonchev–Trinajstić information content (AvgIpc) is 3.14. The van der Waals surface area contributed by atoms with Crippen molar-refractivity contribution in [2.75, 3.05) is 0 Å². The van der Waals surface area contributed by atoms with Crippen molar-refractivity contribution in [3.8, 4) is 16.9 Å². The summed E-state index contributed by atoms with van der Waals surface area (Å²) in [6.07, 6.45) is 0. The number of hydrogen-bond donors (Lipinski definition) is 0. The number of hydrogen-bond acceptors (Lipinski definition) is 4. The van der Waals surface area contributed by atoms with Crippen molar-refractivity contribution in [3.63, 3.8) is 0 Å². The van der Waals surface area contributed by atoms with E-state index >= 15 is 0 Å². The Labute approximate surface area is 180 Å². The summed E-state index contributed by atoms with van der Waals surface area (Å²) in [6, 6.07) is 21.2. The van der Waals surface area contributed by atoms with Gasteiger partial charge in [-0.15, -0.1) is 11.3 Å². The van der Waals surface area contributed by atoms with Gasteiger partial charge in [-0.05, 0) is 66.2 Å². The molecule has 8 heteroatoms. The highest BCUT2D eigenvalue weighted by atomic mass is 35.5. The lowest BCUT2D eigenvalue weighted by atomic mass is 10.1. The first-order valence-electron chi connectivity index (χ1n) is 8.53. The minimum Gasteiger partial charge on any atom is -0.285 e. The lowest BCUT2D eigenvalue weighted by Crippen LogP contribution is -2.13. The Kier molecular flexibility index (Phi) is 5.49. The molecule has 1 aromatic heterocycles. The van der Waals surface area contributed by atoms with Crippen LogP contribution in [0.25, 0.3) is 16.9 Å². The number of nitro benzene ring substituents is 1. The highest BCUT2D eigenvalue weighted by Gasteiger charge is 2.12. The molecule has 0 radical (unpaired) electrons. The van der Waals surface area contributed by atoms with Gasteiger partial charge >= 0.3 is 0 Å². The van der Waals surface area contributed by atoms with Gasteiger partial charge in [0.05, 0.1) is 16.3 Å². The summed E-state index contributed by atoms with van der Waals surface area (Å²) in [5, 5.41) is 14.2. The third kappa shape index (κ3) is 4.24. The molecule has 0 unspecified atom stereocenters. The van der Waals surface area contributed by atoms with Gasteiger partial charge in [-0.25, -0.2) is 4.99 Å². The number of rotatable bonds is 4. The van der Waals surface area contributed by atoms with Crippen LogP contribution in [0.5, 0.6) is 0 Å². The van der Waals surface area contributed by atoms with E-state index < -0.39 is 4.92 Å². The van der Waals surface area contributed by atoms with Crippen molar-refractivity contribution in [3.05, 3.63) is 103 Å². The van der Waals surface area contributed by atoms with Crippen LogP contribution < -0.4 is 4.80 Å². The number of benzene rings is 3. The monoisotopic (exact) mass is 441 g/mol. The maximum absolute atomic E-state index is 11.0. The molecular formula is C21H13Cl2N3O2S. The number of halogens is 2. The quantitative estimate of drug-likeness (QED) is 0.262. The number of aromatic nitrogens is 1. The van der Waals surface area contributed by atoms with Gasteiger partial charge in [0, 0.05) is 33.2 Å². The number of nitrogens with zero attached hydrogens (tertiary/aromatic N) is 3. The molecule has 0 bridgehead atoms. The largest absolute Gasteiger partial charge is 0.285 e. The van der Waals surface area contributed by atoms with Gasteiger partial charge in [-0.2, -0.15) is 0 Å². The maximum Gasteiger partial charge on any atom is 0.269 e. The van der Waals surface area contributed by atoms with Gasteiger partial charge in [0.15, 0.2) is 4.80 Å². The zero-order chi connectivity index (χ0) is 20.4. The van der Waals surface area contributed by atoms with Crippen molar-refractivity contribution in [2.24, 2.45) is 4.99 Å². The minimum absolute atomic E-state index is 0.0492. The summed E-state index contributed by atoms with van der Waals surface area (Å²) in [7, 11) is 0. The van der Waals surface area contributed by atoms with E-state index in [4.69, 9.17) is 28.2 Å². The summed E-state index contributed by atoms with van der Waals surface area (Å²) < 4.78 is 2.00. The topological polar surface area (TPSA) is 60.4 Å². The van der Waals surface area contributed by atoms with E-state index in [9.17, 15) is 10.1 Å². The van der Waals surface area contributed by atoms with Crippen LogP contribution >= 0.6 is 34.5 Å². The van der Waals surface area contributed by atoms with Crippen LogP contribution in [-0.2, 0) is 0 Å². The molecule has 1 heterocycles. The number of nitro groups is 1. The Morgan fingerprint density at radius 1 is 0.862 bits per heavy atom. The van der Waals surface area contributed by atoms with Crippen LogP contribution in [0.15, 0.2) is 83.2 Å². The van der Waals surface area contributed by atoms with E-state index in [-0.39, 0.29) is 5.69 Å². The molecule has 0 amide bonds. The SMILES string of the molecule is O=[N+]([O-])c1ccc(-c2csc(=Nc3ccc(Cl)cc3)n2-c2ccc(Cl)cc2)cc1. The Bertz CT molecular complexity index is 1230. The molecule has 4 aromatic rings. The summed E-state index contributed by atoms with van der Waals surface area (Å²) in [5.74, 6) is 0. The van der Waals surface area contributed by atoms with Crippen LogP contribution in [0.1, 0.15) is 0 Å². The standard InChI is InChI=1S/C21H13Cl2N3O2S/c22-15-3-7-17(8-4-15)24-21-25(18-11-5-16(23)6-12-18)20(13-29-21)14-1-9-19(10-2-14)26(27)28/h1-13H. The van der Waals surface area contributed by atoms with Crippen molar-refractivity contribution in [2.45, 2.75) is 0 Å². The van der Waals surface area contributed by atoms with Gasteiger partial charge in [0.2, 0.25) is 0 Å². The van der Waals surface area contributed by atoms with Gasteiger partial charge in [-0.1, -0.05) is 23.2 Å². The second kappa shape index (κ2) is 8.21. The molecule has 3 aromatic carbocycles. The molecule has 0 aliphatic heterocycles. The third-order valence-corrected chi connectivity index (χ3v) is 5.55. The maximum atomic E-state index is 11.0. The van der Waals surface area contributed by atoms with Crippen LogP contribution in [0, 0.1) is 10.1 Å². The summed E-state index contributed by atoms with van der Waals surface area (Å²) in [4.78, 5) is 16.1. The fraction of sp³-hybridized carbons (Fsp3) is 0. The van der Waals surface area contributed by atoms with E-state index in [1.54, 1.807) is 24.3 Å². The Morgan fingerprint density at radius 2 is 1.45 bits per heavy atom. The fourth-order valence-corrected chi connectivity index (χ4v) is 3.99. The van der Waals surface area contributed by atoms with E-state index in [2.05, 4.69) is 0 Å². The molecule has 0 fully saturated rings. The Hall–Kier alpha value is -2.93. The first-order valence-corrected chi connectivity index (χ1v) is 10.2. The normalized spacial score (nSPS) is 11.6. The first-order chi connectivity index (χ1) is 14.0. The molecule has 0 spiro atoms. The molecule has 144 valence electrons. The van der Waals surface area contributed by atoms with Gasteiger partial charge in [-0.3, -0.25) is 14.7 Å². The van der Waals surface area contributed by atoms with E-state index in [1.165, 1.54) is 23.5 Å². The molecule has 0 aliphatic carbocycles. The molecular weight excluding hydrogens is 429 g/mol. The highest BCUT2D eigenvalue weighted by Crippen LogP contribution is 2.27. The van der Waals surface area contributed by atoms with Gasteiger partial charge in [0.25, 0.3) is 5.69 Å². The lowest BCUT2D eigenvalue weighted by Gasteiger charge is -2.09. The van der Waals surface area contributed by atoms with Crippen molar-refractivity contribution in [1.82, 2.24) is 4.57 Å². The second-order valence-electron chi connectivity index (χ2n) is 6.11. The van der Waals surface area contributed by atoms with E-state index in [0.29, 0.717) is 10.0 Å².